The molecule has 0 bridgehead atoms. The lowest BCUT2D eigenvalue weighted by Gasteiger charge is -2.31. The summed E-state index contributed by atoms with van der Waals surface area (Å²) in [5, 5.41) is 14.1. The Kier molecular flexibility index (Phi) is 4.12. The van der Waals surface area contributed by atoms with Crippen LogP contribution in [0.3, 0.4) is 0 Å². The van der Waals surface area contributed by atoms with Gasteiger partial charge in [-0.15, -0.1) is 0 Å². The number of hydrogen-bond donors (Lipinski definition) is 1. The highest BCUT2D eigenvalue weighted by atomic mass is 16.6. The Balaban J connectivity index is 2.07. The highest BCUT2D eigenvalue weighted by Crippen LogP contribution is 2.29. The molecule has 1 aliphatic carbocycles. The molecule has 0 radical (unpaired) electrons. The topological polar surface area (TPSA) is 68.1 Å². The van der Waals surface area contributed by atoms with E-state index in [1.54, 1.807) is 0 Å². The number of rotatable bonds is 4. The van der Waals surface area contributed by atoms with E-state index < -0.39 is 0 Å². The molecule has 0 aliphatic heterocycles. The van der Waals surface area contributed by atoms with Gasteiger partial charge >= 0.3 is 0 Å². The molecule has 1 aliphatic rings. The van der Waals surface area contributed by atoms with Crippen LogP contribution < -0.4 is 5.32 Å². The van der Waals surface area contributed by atoms with Crippen molar-refractivity contribution in [3.05, 3.63) is 28.4 Å². The van der Waals surface area contributed by atoms with Crippen LogP contribution in [0.4, 0.5) is 11.5 Å². The Morgan fingerprint density at radius 1 is 1.50 bits per heavy atom. The van der Waals surface area contributed by atoms with Crippen molar-refractivity contribution in [1.82, 2.24) is 4.98 Å². The van der Waals surface area contributed by atoms with Crippen LogP contribution in [0, 0.1) is 16.0 Å². The lowest BCUT2D eigenvalue weighted by Crippen LogP contribution is -2.32. The molecule has 1 N–H and O–H groups in total. The average molecular weight is 249 g/mol. The molecule has 5 nitrogen and oxygen atoms in total. The molecular formula is C13H19N3O2. The van der Waals surface area contributed by atoms with Crippen molar-refractivity contribution in [1.29, 1.82) is 0 Å². The van der Waals surface area contributed by atoms with Crippen molar-refractivity contribution in [3.8, 4) is 0 Å². The molecule has 1 aromatic rings. The van der Waals surface area contributed by atoms with Crippen molar-refractivity contribution in [2.75, 3.05) is 5.32 Å². The van der Waals surface area contributed by atoms with Gasteiger partial charge < -0.3 is 5.32 Å². The highest BCUT2D eigenvalue weighted by molar-refractivity contribution is 5.45. The van der Waals surface area contributed by atoms with Crippen molar-refractivity contribution in [2.45, 2.75) is 45.1 Å². The van der Waals surface area contributed by atoms with Gasteiger partial charge in [0.25, 0.3) is 5.69 Å². The zero-order valence-electron chi connectivity index (χ0n) is 10.6. The molecule has 1 heterocycles. The van der Waals surface area contributed by atoms with Gasteiger partial charge in [-0.2, -0.15) is 0 Å². The van der Waals surface area contributed by atoms with Crippen LogP contribution in [0.5, 0.6) is 0 Å². The molecule has 1 aromatic heterocycles. The number of hydrogen-bond acceptors (Lipinski definition) is 4. The highest BCUT2D eigenvalue weighted by Gasteiger charge is 2.24. The van der Waals surface area contributed by atoms with Gasteiger partial charge in [0.1, 0.15) is 5.82 Å². The fraction of sp³-hybridized carbons (Fsp3) is 0.615. The molecule has 2 atom stereocenters. The zero-order chi connectivity index (χ0) is 13.0. The zero-order valence-corrected chi connectivity index (χ0v) is 10.6. The summed E-state index contributed by atoms with van der Waals surface area (Å²) in [6.07, 6.45) is 7.52. The van der Waals surface area contributed by atoms with E-state index in [9.17, 15) is 10.1 Å². The molecule has 2 rings (SSSR count). The summed E-state index contributed by atoms with van der Waals surface area (Å²) in [5.74, 6) is 1.27. The summed E-state index contributed by atoms with van der Waals surface area (Å²) >= 11 is 0. The average Bonchev–Trinajstić information content (AvgIpc) is 2.39. The molecule has 18 heavy (non-hydrogen) atoms. The van der Waals surface area contributed by atoms with E-state index in [2.05, 4.69) is 17.2 Å². The largest absolute Gasteiger partial charge is 0.367 e. The Bertz CT molecular complexity index is 422. The second-order valence-corrected chi connectivity index (χ2v) is 4.86. The molecule has 0 aromatic carbocycles. The minimum Gasteiger partial charge on any atom is -0.367 e. The Labute approximate surface area is 107 Å². The third-order valence-electron chi connectivity index (χ3n) is 3.72. The van der Waals surface area contributed by atoms with Gasteiger partial charge in [0.15, 0.2) is 0 Å². The number of aromatic nitrogens is 1. The second kappa shape index (κ2) is 5.80. The van der Waals surface area contributed by atoms with Gasteiger partial charge in [-0.25, -0.2) is 4.98 Å². The molecule has 98 valence electrons. The fourth-order valence-electron chi connectivity index (χ4n) is 2.69. The van der Waals surface area contributed by atoms with Gasteiger partial charge in [-0.05, 0) is 18.8 Å². The van der Waals surface area contributed by atoms with Crippen LogP contribution in [-0.2, 0) is 0 Å². The smallest absolute Gasteiger partial charge is 0.274 e. The van der Waals surface area contributed by atoms with Crippen molar-refractivity contribution in [3.63, 3.8) is 0 Å². The van der Waals surface area contributed by atoms with Crippen molar-refractivity contribution < 1.29 is 4.92 Å². The molecule has 0 amide bonds. The Hall–Kier alpha value is -1.65. The normalized spacial score (nSPS) is 23.6. The SMILES string of the molecule is CCC1CCCCC1Nc1cc([N+](=O)[O-])ccn1. The fourth-order valence-corrected chi connectivity index (χ4v) is 2.69. The predicted octanol–water partition coefficient (Wildman–Crippen LogP) is 3.37. The lowest BCUT2D eigenvalue weighted by atomic mass is 9.83. The Morgan fingerprint density at radius 3 is 3.00 bits per heavy atom. The van der Waals surface area contributed by atoms with E-state index in [0.717, 1.165) is 12.8 Å². The predicted molar refractivity (Wildman–Crippen MR) is 70.6 cm³/mol. The van der Waals surface area contributed by atoms with Crippen LogP contribution in [0.15, 0.2) is 18.3 Å². The van der Waals surface area contributed by atoms with E-state index in [4.69, 9.17) is 0 Å². The minimum absolute atomic E-state index is 0.0938. The maximum atomic E-state index is 10.7. The summed E-state index contributed by atoms with van der Waals surface area (Å²) in [4.78, 5) is 14.5. The van der Waals surface area contributed by atoms with Gasteiger partial charge in [-0.1, -0.05) is 26.2 Å². The number of nitrogens with one attached hydrogen (secondary N) is 1. The second-order valence-electron chi connectivity index (χ2n) is 4.86. The molecule has 1 fully saturated rings. The van der Waals surface area contributed by atoms with Crippen LogP contribution in [0.25, 0.3) is 0 Å². The number of nitrogens with zero attached hydrogens (tertiary/aromatic N) is 2. The van der Waals surface area contributed by atoms with E-state index in [1.807, 2.05) is 0 Å². The maximum absolute atomic E-state index is 10.7. The maximum Gasteiger partial charge on any atom is 0.274 e. The first-order chi connectivity index (χ1) is 8.70. The van der Waals surface area contributed by atoms with E-state index >= 15 is 0 Å². The molecule has 1 saturated carbocycles. The number of pyridine rings is 1. The molecular weight excluding hydrogens is 230 g/mol. The molecule has 5 heteroatoms. The van der Waals surface area contributed by atoms with Crippen LogP contribution >= 0.6 is 0 Å². The van der Waals surface area contributed by atoms with E-state index in [-0.39, 0.29) is 10.6 Å². The first kappa shape index (κ1) is 12.8. The van der Waals surface area contributed by atoms with Crippen LogP contribution in [-0.4, -0.2) is 15.9 Å². The standard InChI is InChI=1S/C13H19N3O2/c1-2-10-5-3-4-6-12(10)15-13-9-11(16(17)18)7-8-14-13/h7-10,12H,2-6H2,1H3,(H,14,15). The summed E-state index contributed by atoms with van der Waals surface area (Å²) < 4.78 is 0. The molecule has 0 spiro atoms. The van der Waals surface area contributed by atoms with Crippen molar-refractivity contribution >= 4 is 11.5 Å². The van der Waals surface area contributed by atoms with Crippen LogP contribution in [0.1, 0.15) is 39.0 Å². The monoisotopic (exact) mass is 249 g/mol. The van der Waals surface area contributed by atoms with E-state index in [1.165, 1.54) is 37.6 Å². The minimum atomic E-state index is -0.384. The summed E-state index contributed by atoms with van der Waals surface area (Å²) in [6, 6.07) is 3.34. The summed E-state index contributed by atoms with van der Waals surface area (Å²) in [5.41, 5.74) is 0.0938. The summed E-state index contributed by atoms with van der Waals surface area (Å²) in [6.45, 7) is 2.20. The third kappa shape index (κ3) is 2.97. The van der Waals surface area contributed by atoms with Gasteiger partial charge in [0.2, 0.25) is 0 Å². The third-order valence-corrected chi connectivity index (χ3v) is 3.72. The summed E-state index contributed by atoms with van der Waals surface area (Å²) in [7, 11) is 0. The lowest BCUT2D eigenvalue weighted by molar-refractivity contribution is -0.384. The van der Waals surface area contributed by atoms with Gasteiger partial charge in [0, 0.05) is 18.3 Å². The van der Waals surface area contributed by atoms with Crippen LogP contribution in [0.2, 0.25) is 0 Å². The number of nitro groups is 1. The van der Waals surface area contributed by atoms with Gasteiger partial charge in [-0.3, -0.25) is 10.1 Å². The first-order valence-electron chi connectivity index (χ1n) is 6.57. The van der Waals surface area contributed by atoms with Crippen molar-refractivity contribution in [2.24, 2.45) is 5.92 Å². The Morgan fingerprint density at radius 2 is 2.28 bits per heavy atom. The van der Waals surface area contributed by atoms with E-state index in [0.29, 0.717) is 17.8 Å². The first-order valence-corrected chi connectivity index (χ1v) is 6.57. The molecule has 2 unspecified atom stereocenters. The van der Waals surface area contributed by atoms with Gasteiger partial charge in [0.05, 0.1) is 11.0 Å². The number of anilines is 1. The quantitative estimate of drug-likeness (QED) is 0.656. The molecule has 0 saturated heterocycles.